The molecule has 0 aromatic heterocycles. The van der Waals surface area contributed by atoms with Gasteiger partial charge in [-0.3, -0.25) is 13.5 Å². The van der Waals surface area contributed by atoms with Gasteiger partial charge in [-0.25, -0.2) is 4.79 Å². The summed E-state index contributed by atoms with van der Waals surface area (Å²) in [6, 6.07) is 17.9. The zero-order valence-electron chi connectivity index (χ0n) is 19.7. The number of ether oxygens (including phenoxy) is 2. The number of hydrogen-bond donors (Lipinski definition) is 0. The van der Waals surface area contributed by atoms with Crippen LogP contribution in [0.3, 0.4) is 0 Å². The van der Waals surface area contributed by atoms with E-state index < -0.39 is 54.3 Å². The molecule has 12 heteroatoms. The molecule has 192 valence electrons. The van der Waals surface area contributed by atoms with Crippen molar-refractivity contribution < 1.29 is 45.3 Å². The highest BCUT2D eigenvalue weighted by Gasteiger charge is 2.38. The van der Waals surface area contributed by atoms with Crippen LogP contribution in [0.4, 0.5) is 0 Å². The monoisotopic (exact) mass is 528 g/mol. The molecule has 0 N–H and O–H groups in total. The van der Waals surface area contributed by atoms with E-state index in [-0.39, 0.29) is 13.2 Å². The number of rotatable bonds is 14. The minimum absolute atomic E-state index is 0.0684. The van der Waals surface area contributed by atoms with E-state index in [9.17, 15) is 22.6 Å². The highest BCUT2D eigenvalue weighted by Crippen LogP contribution is 2.52. The molecule has 2 aromatic carbocycles. The van der Waals surface area contributed by atoms with Gasteiger partial charge in [0.25, 0.3) is 10.1 Å². The molecule has 0 heterocycles. The van der Waals surface area contributed by atoms with Crippen LogP contribution in [0.2, 0.25) is 0 Å². The molecule has 0 fully saturated rings. The smallest absolute Gasteiger partial charge is 0.336 e. The Bertz CT molecular complexity index is 1060. The van der Waals surface area contributed by atoms with Crippen molar-refractivity contribution in [1.82, 2.24) is 0 Å². The lowest BCUT2D eigenvalue weighted by Crippen LogP contribution is -2.34. The van der Waals surface area contributed by atoms with Crippen LogP contribution in [0.15, 0.2) is 60.7 Å². The third kappa shape index (κ3) is 10.3. The van der Waals surface area contributed by atoms with E-state index in [0.29, 0.717) is 0 Å². The fourth-order valence-corrected chi connectivity index (χ4v) is 5.49. The molecule has 35 heavy (non-hydrogen) atoms. The van der Waals surface area contributed by atoms with E-state index in [4.69, 9.17) is 18.0 Å². The standard InChI is InChI=1S/C23H29O10PS/c1-29-22(24)20(14-21(23(25)30-2)33-35(3,27)28)17-34(26,31-15-18-10-6-4-7-11-18)32-16-19-12-8-5-9-13-19/h4-13,20-21H,14-17H2,1-3H3. The second-order valence-corrected chi connectivity index (χ2v) is 11.3. The van der Waals surface area contributed by atoms with Crippen LogP contribution in [0.25, 0.3) is 0 Å². The quantitative estimate of drug-likeness (QED) is 0.204. The van der Waals surface area contributed by atoms with E-state index in [0.717, 1.165) is 31.6 Å². The third-order valence-corrected chi connectivity index (χ3v) is 7.29. The van der Waals surface area contributed by atoms with Crippen molar-refractivity contribution in [2.45, 2.75) is 25.7 Å². The van der Waals surface area contributed by atoms with Crippen molar-refractivity contribution in [3.63, 3.8) is 0 Å². The Morgan fingerprint density at radius 1 is 0.829 bits per heavy atom. The Morgan fingerprint density at radius 3 is 1.69 bits per heavy atom. The van der Waals surface area contributed by atoms with Gasteiger partial charge in [-0.1, -0.05) is 60.7 Å². The Labute approximate surface area is 205 Å². The summed E-state index contributed by atoms with van der Waals surface area (Å²) >= 11 is 0. The summed E-state index contributed by atoms with van der Waals surface area (Å²) in [6.07, 6.45) is -1.87. The van der Waals surface area contributed by atoms with Gasteiger partial charge in [-0.15, -0.1) is 0 Å². The predicted molar refractivity (Wildman–Crippen MR) is 127 cm³/mol. The second kappa shape index (κ2) is 13.5. The summed E-state index contributed by atoms with van der Waals surface area (Å²) in [6.45, 7) is -0.137. The van der Waals surface area contributed by atoms with Crippen LogP contribution >= 0.6 is 7.60 Å². The molecule has 2 unspecified atom stereocenters. The summed E-state index contributed by atoms with van der Waals surface area (Å²) < 4.78 is 62.6. The molecule has 0 radical (unpaired) electrons. The SMILES string of the molecule is COC(=O)C(CC(OS(C)(=O)=O)C(=O)OC)CP(=O)(OCc1ccccc1)OCc1ccccc1. The summed E-state index contributed by atoms with van der Waals surface area (Å²) in [4.78, 5) is 24.7. The first-order valence-electron chi connectivity index (χ1n) is 10.5. The van der Waals surface area contributed by atoms with Gasteiger partial charge in [-0.05, 0) is 17.5 Å². The maximum absolute atomic E-state index is 13.8. The summed E-state index contributed by atoms with van der Waals surface area (Å²) in [5, 5.41) is 0. The Morgan fingerprint density at radius 2 is 1.29 bits per heavy atom. The Kier molecular flexibility index (Phi) is 11.1. The topological polar surface area (TPSA) is 132 Å². The lowest BCUT2D eigenvalue weighted by Gasteiger charge is -2.24. The fourth-order valence-electron chi connectivity index (χ4n) is 3.09. The zero-order valence-corrected chi connectivity index (χ0v) is 21.4. The maximum atomic E-state index is 13.8. The predicted octanol–water partition coefficient (Wildman–Crippen LogP) is 3.31. The van der Waals surface area contributed by atoms with E-state index in [1.54, 1.807) is 48.5 Å². The molecule has 0 saturated carbocycles. The van der Waals surface area contributed by atoms with Crippen LogP contribution in [0.5, 0.6) is 0 Å². The number of carbonyl (C=O) groups excluding carboxylic acids is 2. The molecule has 0 saturated heterocycles. The molecule has 0 aliphatic rings. The molecule has 0 aliphatic carbocycles. The van der Waals surface area contributed by atoms with Crippen molar-refractivity contribution in [2.24, 2.45) is 5.92 Å². The molecule has 2 rings (SSSR count). The number of carbonyl (C=O) groups is 2. The third-order valence-electron chi connectivity index (χ3n) is 4.77. The number of benzene rings is 2. The van der Waals surface area contributed by atoms with Gasteiger partial charge in [0.1, 0.15) is 0 Å². The lowest BCUT2D eigenvalue weighted by atomic mass is 10.0. The number of methoxy groups -OCH3 is 2. The number of hydrogen-bond acceptors (Lipinski definition) is 10. The van der Waals surface area contributed by atoms with Gasteiger partial charge in [0, 0.05) is 0 Å². The van der Waals surface area contributed by atoms with Crippen LogP contribution in [0, 0.1) is 5.92 Å². The van der Waals surface area contributed by atoms with Crippen LogP contribution < -0.4 is 0 Å². The molecule has 0 bridgehead atoms. The van der Waals surface area contributed by atoms with E-state index in [1.165, 1.54) is 0 Å². The van der Waals surface area contributed by atoms with Crippen molar-refractivity contribution in [1.29, 1.82) is 0 Å². The highest BCUT2D eigenvalue weighted by atomic mass is 32.2. The minimum atomic E-state index is -4.08. The van der Waals surface area contributed by atoms with Crippen LogP contribution in [-0.4, -0.2) is 53.1 Å². The van der Waals surface area contributed by atoms with Gasteiger partial charge in [0.05, 0.1) is 45.8 Å². The van der Waals surface area contributed by atoms with Gasteiger partial charge < -0.3 is 18.5 Å². The average molecular weight is 529 g/mol. The largest absolute Gasteiger partial charge is 0.469 e. The van der Waals surface area contributed by atoms with Crippen molar-refractivity contribution in [3.8, 4) is 0 Å². The molecule has 10 nitrogen and oxygen atoms in total. The summed E-state index contributed by atoms with van der Waals surface area (Å²) in [5.74, 6) is -3.12. The average Bonchev–Trinajstić information content (AvgIpc) is 2.85. The molecular weight excluding hydrogens is 499 g/mol. The molecule has 0 spiro atoms. The van der Waals surface area contributed by atoms with Crippen LogP contribution in [0.1, 0.15) is 17.5 Å². The van der Waals surface area contributed by atoms with Crippen molar-refractivity contribution in [2.75, 3.05) is 26.6 Å². The maximum Gasteiger partial charge on any atom is 0.336 e. The van der Waals surface area contributed by atoms with Crippen molar-refractivity contribution >= 4 is 29.7 Å². The molecule has 2 atom stereocenters. The first-order chi connectivity index (χ1) is 16.5. The zero-order chi connectivity index (χ0) is 25.9. The highest BCUT2D eigenvalue weighted by molar-refractivity contribution is 7.86. The summed E-state index contributed by atoms with van der Waals surface area (Å²) in [5.41, 5.74) is 1.44. The first kappa shape index (κ1) is 28.7. The first-order valence-corrected chi connectivity index (χ1v) is 14.1. The molecule has 0 amide bonds. The van der Waals surface area contributed by atoms with E-state index in [1.807, 2.05) is 12.1 Å². The van der Waals surface area contributed by atoms with Crippen molar-refractivity contribution in [3.05, 3.63) is 71.8 Å². The van der Waals surface area contributed by atoms with Crippen LogP contribution in [-0.2, 0) is 60.2 Å². The van der Waals surface area contributed by atoms with E-state index >= 15 is 0 Å². The van der Waals surface area contributed by atoms with Gasteiger partial charge in [0.2, 0.25) is 0 Å². The minimum Gasteiger partial charge on any atom is -0.469 e. The fraction of sp³-hybridized carbons (Fsp3) is 0.391. The Balaban J connectivity index is 2.29. The summed E-state index contributed by atoms with van der Waals surface area (Å²) in [7, 11) is -5.90. The van der Waals surface area contributed by atoms with Gasteiger partial charge in [-0.2, -0.15) is 8.42 Å². The molecule has 0 aliphatic heterocycles. The molecule has 2 aromatic rings. The normalized spacial score (nSPS) is 13.6. The Hall–Kier alpha value is -2.56. The number of esters is 2. The molecular formula is C23H29O10PS. The van der Waals surface area contributed by atoms with E-state index in [2.05, 4.69) is 4.74 Å². The lowest BCUT2D eigenvalue weighted by molar-refractivity contribution is -0.152. The van der Waals surface area contributed by atoms with Gasteiger partial charge >= 0.3 is 19.5 Å². The van der Waals surface area contributed by atoms with Gasteiger partial charge in [0.15, 0.2) is 6.10 Å². The second-order valence-electron chi connectivity index (χ2n) is 7.58.